The number of likely N-dealkylation sites (tertiary alicyclic amines) is 1. The summed E-state index contributed by atoms with van der Waals surface area (Å²) in [6.45, 7) is 3.20. The Kier molecular flexibility index (Phi) is 6.54. The highest BCUT2D eigenvalue weighted by Crippen LogP contribution is 2.40. The second kappa shape index (κ2) is 8.97. The number of ether oxygens (including phenoxy) is 1. The molecular formula is C22H26F2N4O3. The third-order valence-electron chi connectivity index (χ3n) is 5.35. The van der Waals surface area contributed by atoms with Crippen LogP contribution in [0.2, 0.25) is 0 Å². The fraction of sp³-hybridized carbons (Fsp3) is 0.409. The summed E-state index contributed by atoms with van der Waals surface area (Å²) in [6.07, 6.45) is 0. The zero-order valence-electron chi connectivity index (χ0n) is 17.7. The number of rotatable bonds is 8. The topological polar surface area (TPSA) is 97.6 Å². The maximum absolute atomic E-state index is 13.5. The molecule has 2 amide bonds. The number of hydrogen-bond donors (Lipinski definition) is 2. The molecule has 3 N–H and O–H groups in total. The lowest BCUT2D eigenvalue weighted by atomic mass is 9.69. The minimum Gasteiger partial charge on any atom is -0.415 e. The number of aryl methyl sites for hydroxylation is 1. The number of halogens is 2. The van der Waals surface area contributed by atoms with Crippen LogP contribution in [0.3, 0.4) is 0 Å². The van der Waals surface area contributed by atoms with E-state index < -0.39 is 17.9 Å². The number of nitrogens with two attached hydrogens (primary N) is 1. The zero-order chi connectivity index (χ0) is 22.8. The fourth-order valence-electron chi connectivity index (χ4n) is 3.97. The molecule has 0 unspecified atom stereocenters. The van der Waals surface area contributed by atoms with Crippen molar-refractivity contribution < 1.29 is 23.1 Å². The van der Waals surface area contributed by atoms with E-state index in [0.717, 1.165) is 11.1 Å². The van der Waals surface area contributed by atoms with Crippen LogP contribution >= 0.6 is 0 Å². The largest absolute Gasteiger partial charge is 0.415 e. The smallest absolute Gasteiger partial charge is 0.388 e. The number of aromatic nitrogens is 1. The second-order valence-electron chi connectivity index (χ2n) is 8.07. The lowest BCUT2D eigenvalue weighted by Crippen LogP contribution is -2.66. The van der Waals surface area contributed by atoms with Crippen LogP contribution in [0.1, 0.15) is 36.6 Å². The maximum Gasteiger partial charge on any atom is 0.388 e. The van der Waals surface area contributed by atoms with Gasteiger partial charge in [0.05, 0.1) is 12.0 Å². The molecule has 0 bridgehead atoms. The Morgan fingerprint density at radius 1 is 1.23 bits per heavy atom. The first-order valence-electron chi connectivity index (χ1n) is 9.96. The van der Waals surface area contributed by atoms with Crippen molar-refractivity contribution in [1.82, 2.24) is 9.88 Å². The fourth-order valence-corrected chi connectivity index (χ4v) is 3.97. The highest BCUT2D eigenvalue weighted by atomic mass is 19.3. The van der Waals surface area contributed by atoms with Crippen molar-refractivity contribution in [2.75, 3.05) is 25.0 Å². The van der Waals surface area contributed by atoms with Crippen molar-refractivity contribution in [2.24, 2.45) is 5.73 Å². The van der Waals surface area contributed by atoms with E-state index in [4.69, 9.17) is 5.73 Å². The van der Waals surface area contributed by atoms with Gasteiger partial charge in [-0.2, -0.15) is 8.78 Å². The monoisotopic (exact) mass is 432 g/mol. The van der Waals surface area contributed by atoms with Crippen LogP contribution in [0.15, 0.2) is 36.4 Å². The maximum atomic E-state index is 13.5. The van der Waals surface area contributed by atoms with Gasteiger partial charge in [0.15, 0.2) is 0 Å². The minimum atomic E-state index is -3.07. The molecule has 1 aromatic carbocycles. The van der Waals surface area contributed by atoms with Gasteiger partial charge in [0.1, 0.15) is 5.69 Å². The van der Waals surface area contributed by atoms with Gasteiger partial charge in [0.25, 0.3) is 0 Å². The summed E-state index contributed by atoms with van der Waals surface area (Å²) in [6, 6.07) is 10.7. The van der Waals surface area contributed by atoms with Crippen LogP contribution in [0.25, 0.3) is 0 Å². The number of nitrogens with zero attached hydrogens (tertiary/aromatic N) is 2. The van der Waals surface area contributed by atoms with Gasteiger partial charge in [0, 0.05) is 18.8 Å². The molecule has 0 aliphatic carbocycles. The summed E-state index contributed by atoms with van der Waals surface area (Å²) in [5.41, 5.74) is 6.72. The van der Waals surface area contributed by atoms with Gasteiger partial charge in [0.2, 0.25) is 17.7 Å². The first kappa shape index (κ1) is 22.6. The number of carbonyl (C=O) groups is 2. The number of alkyl halides is 2. The Morgan fingerprint density at radius 3 is 2.52 bits per heavy atom. The first-order chi connectivity index (χ1) is 14.6. The molecule has 1 aliphatic heterocycles. The minimum absolute atomic E-state index is 0.0324. The van der Waals surface area contributed by atoms with Crippen LogP contribution in [0.4, 0.5) is 14.5 Å². The number of nitrogens with one attached hydrogen (secondary N) is 1. The molecule has 166 valence electrons. The molecule has 1 aromatic heterocycles. The van der Waals surface area contributed by atoms with Crippen LogP contribution in [0.5, 0.6) is 5.88 Å². The summed E-state index contributed by atoms with van der Waals surface area (Å²) in [5, 5.41) is 2.72. The number of amides is 2. The molecule has 1 fully saturated rings. The summed E-state index contributed by atoms with van der Waals surface area (Å²) in [7, 11) is 0. The Bertz CT molecular complexity index is 975. The summed E-state index contributed by atoms with van der Waals surface area (Å²) in [4.78, 5) is 30.6. The zero-order valence-corrected chi connectivity index (χ0v) is 17.7. The summed E-state index contributed by atoms with van der Waals surface area (Å²) in [5.74, 6) is -1.05. The van der Waals surface area contributed by atoms with E-state index in [-0.39, 0.29) is 43.0 Å². The normalized spacial score (nSPS) is 15.6. The molecule has 0 spiro atoms. The molecule has 9 heteroatoms. The third kappa shape index (κ3) is 4.82. The van der Waals surface area contributed by atoms with Gasteiger partial charge in [-0.1, -0.05) is 38.1 Å². The molecule has 2 aromatic rings. The average molecular weight is 432 g/mol. The molecule has 31 heavy (non-hydrogen) atoms. The van der Waals surface area contributed by atoms with E-state index in [1.807, 2.05) is 38.1 Å². The quantitative estimate of drug-likeness (QED) is 0.669. The van der Waals surface area contributed by atoms with Crippen molar-refractivity contribution in [3.05, 3.63) is 53.2 Å². The van der Waals surface area contributed by atoms with E-state index >= 15 is 0 Å². The van der Waals surface area contributed by atoms with Crippen LogP contribution < -0.4 is 15.8 Å². The Labute approximate surface area is 179 Å². The standard InChI is InChI=1S/C22H26F2N4O3/c1-13(2)15-6-4-5-7-16(15)22(11-28(12-22)10-18(25)29)20(30)27-17-9-8-14(3)26-19(17)31-21(23)24/h4-9,13,21H,10-12H2,1-3H3,(H2,25,29)(H,27,30). The molecule has 0 saturated carbocycles. The predicted molar refractivity (Wildman–Crippen MR) is 112 cm³/mol. The van der Waals surface area contributed by atoms with Crippen molar-refractivity contribution in [3.8, 4) is 5.88 Å². The molecule has 3 rings (SSSR count). The predicted octanol–water partition coefficient (Wildman–Crippen LogP) is 2.79. The van der Waals surface area contributed by atoms with E-state index in [1.165, 1.54) is 6.07 Å². The van der Waals surface area contributed by atoms with E-state index in [9.17, 15) is 18.4 Å². The van der Waals surface area contributed by atoms with Gasteiger partial charge in [-0.05, 0) is 36.1 Å². The Balaban J connectivity index is 1.97. The third-order valence-corrected chi connectivity index (χ3v) is 5.35. The lowest BCUT2D eigenvalue weighted by Gasteiger charge is -2.49. The van der Waals surface area contributed by atoms with Gasteiger partial charge in [-0.3, -0.25) is 14.5 Å². The second-order valence-corrected chi connectivity index (χ2v) is 8.07. The summed E-state index contributed by atoms with van der Waals surface area (Å²) >= 11 is 0. The number of pyridine rings is 1. The van der Waals surface area contributed by atoms with E-state index in [0.29, 0.717) is 5.69 Å². The lowest BCUT2D eigenvalue weighted by molar-refractivity contribution is -0.131. The van der Waals surface area contributed by atoms with Gasteiger partial charge in [-0.25, -0.2) is 4.98 Å². The van der Waals surface area contributed by atoms with Crippen LogP contribution in [-0.4, -0.2) is 47.9 Å². The number of primary amides is 1. The van der Waals surface area contributed by atoms with Gasteiger partial charge >= 0.3 is 6.61 Å². The van der Waals surface area contributed by atoms with Crippen molar-refractivity contribution >= 4 is 17.5 Å². The molecule has 0 radical (unpaired) electrons. The first-order valence-corrected chi connectivity index (χ1v) is 9.96. The Morgan fingerprint density at radius 2 is 1.90 bits per heavy atom. The van der Waals surface area contributed by atoms with E-state index in [1.54, 1.807) is 17.9 Å². The molecular weight excluding hydrogens is 406 g/mol. The summed E-state index contributed by atoms with van der Waals surface area (Å²) < 4.78 is 30.2. The van der Waals surface area contributed by atoms with Crippen molar-refractivity contribution in [3.63, 3.8) is 0 Å². The number of anilines is 1. The van der Waals surface area contributed by atoms with E-state index in [2.05, 4.69) is 15.0 Å². The SMILES string of the molecule is Cc1ccc(NC(=O)C2(c3ccccc3C(C)C)CN(CC(N)=O)C2)c(OC(F)F)n1. The number of benzene rings is 1. The number of hydrogen-bond acceptors (Lipinski definition) is 5. The number of carbonyl (C=O) groups excluding carboxylic acids is 2. The molecule has 2 heterocycles. The molecule has 7 nitrogen and oxygen atoms in total. The van der Waals surface area contributed by atoms with Crippen molar-refractivity contribution in [1.29, 1.82) is 0 Å². The Hall–Kier alpha value is -3.07. The van der Waals surface area contributed by atoms with Crippen LogP contribution in [0, 0.1) is 6.92 Å². The van der Waals surface area contributed by atoms with Crippen molar-refractivity contribution in [2.45, 2.75) is 38.7 Å². The molecule has 1 aliphatic rings. The van der Waals surface area contributed by atoms with Crippen LogP contribution in [-0.2, 0) is 15.0 Å². The molecule has 0 atom stereocenters. The van der Waals surface area contributed by atoms with Gasteiger partial charge in [-0.15, -0.1) is 0 Å². The molecule has 1 saturated heterocycles. The highest BCUT2D eigenvalue weighted by Gasteiger charge is 2.52. The van der Waals surface area contributed by atoms with Gasteiger partial charge < -0.3 is 15.8 Å². The highest BCUT2D eigenvalue weighted by molar-refractivity contribution is 6.01. The average Bonchev–Trinajstić information content (AvgIpc) is 2.65.